The van der Waals surface area contributed by atoms with Crippen molar-refractivity contribution in [2.75, 3.05) is 5.32 Å². The predicted molar refractivity (Wildman–Crippen MR) is 105 cm³/mol. The summed E-state index contributed by atoms with van der Waals surface area (Å²) in [5, 5.41) is 2.44. The van der Waals surface area contributed by atoms with E-state index in [0.29, 0.717) is 9.75 Å². The van der Waals surface area contributed by atoms with Crippen LogP contribution in [0.15, 0.2) is 36.4 Å². The van der Waals surface area contributed by atoms with Gasteiger partial charge in [0.1, 0.15) is 0 Å². The van der Waals surface area contributed by atoms with E-state index in [1.54, 1.807) is 26.0 Å². The van der Waals surface area contributed by atoms with Crippen LogP contribution in [0.4, 0.5) is 5.69 Å². The molecule has 25 heavy (non-hydrogen) atoms. The van der Waals surface area contributed by atoms with Crippen LogP contribution in [0.25, 0.3) is 0 Å². The lowest BCUT2D eigenvalue weighted by atomic mass is 10.1. The quantitative estimate of drug-likeness (QED) is 0.725. The van der Waals surface area contributed by atoms with E-state index < -0.39 is 15.1 Å². The molecule has 4 nitrogen and oxygen atoms in total. The van der Waals surface area contributed by atoms with Gasteiger partial charge in [-0.1, -0.05) is 25.5 Å². The van der Waals surface area contributed by atoms with E-state index >= 15 is 0 Å². The molecule has 0 aliphatic heterocycles. The zero-order chi connectivity index (χ0) is 18.4. The number of rotatable bonds is 8. The van der Waals surface area contributed by atoms with Crippen LogP contribution in [0.3, 0.4) is 0 Å². The maximum atomic E-state index is 12.3. The maximum absolute atomic E-state index is 12.3. The third-order valence-electron chi connectivity index (χ3n) is 3.98. The summed E-state index contributed by atoms with van der Waals surface area (Å²) in [4.78, 5) is 13.5. The number of hydrogen-bond donors (Lipinski definition) is 1. The van der Waals surface area contributed by atoms with Gasteiger partial charge in [0.2, 0.25) is 0 Å². The summed E-state index contributed by atoms with van der Waals surface area (Å²) in [6.45, 7) is 5.50. The summed E-state index contributed by atoms with van der Waals surface area (Å²) in [5.41, 5.74) is 2.01. The number of aryl methyl sites for hydroxylation is 1. The number of carbonyl (C=O) groups excluding carboxylic acids is 1. The lowest BCUT2D eigenvalue weighted by Crippen LogP contribution is -2.15. The molecule has 1 heterocycles. The minimum Gasteiger partial charge on any atom is -0.321 e. The Morgan fingerprint density at radius 2 is 1.80 bits per heavy atom. The second-order valence-electron chi connectivity index (χ2n) is 6.38. The molecule has 1 N–H and O–H groups in total. The van der Waals surface area contributed by atoms with Gasteiger partial charge in [-0.05, 0) is 56.5 Å². The Balaban J connectivity index is 1.99. The van der Waals surface area contributed by atoms with E-state index in [4.69, 9.17) is 0 Å². The molecule has 2 aromatic rings. The average Bonchev–Trinajstić information content (AvgIpc) is 3.02. The molecule has 0 saturated carbocycles. The van der Waals surface area contributed by atoms with E-state index in [0.717, 1.165) is 24.9 Å². The third-order valence-corrected chi connectivity index (χ3v) is 7.39. The zero-order valence-corrected chi connectivity index (χ0v) is 16.5. The Morgan fingerprint density at radius 3 is 2.40 bits per heavy atom. The molecule has 2 rings (SSSR count). The largest absolute Gasteiger partial charge is 0.321 e. The normalized spacial score (nSPS) is 11.7. The van der Waals surface area contributed by atoms with Crippen LogP contribution < -0.4 is 5.32 Å². The molecule has 1 amide bonds. The molecule has 6 heteroatoms. The average molecular weight is 380 g/mol. The lowest BCUT2D eigenvalue weighted by molar-refractivity contribution is 0.103. The SMILES string of the molecule is CCCCc1ccc(NC(=O)c2ccc(CS(=O)(=O)C(C)C)s2)cc1. The minimum absolute atomic E-state index is 0.0191. The van der Waals surface area contributed by atoms with Gasteiger partial charge in [-0.2, -0.15) is 0 Å². The van der Waals surface area contributed by atoms with E-state index in [1.807, 2.05) is 24.3 Å². The molecule has 1 aromatic carbocycles. The molecular formula is C19H25NO3S2. The Bertz CT molecular complexity index is 805. The summed E-state index contributed by atoms with van der Waals surface area (Å²) in [6, 6.07) is 11.3. The Morgan fingerprint density at radius 1 is 1.12 bits per heavy atom. The summed E-state index contributed by atoms with van der Waals surface area (Å²) in [5.74, 6) is -0.228. The van der Waals surface area contributed by atoms with Gasteiger partial charge in [0.05, 0.1) is 15.9 Å². The van der Waals surface area contributed by atoms with Gasteiger partial charge in [0.25, 0.3) is 5.91 Å². The van der Waals surface area contributed by atoms with Crippen molar-refractivity contribution in [3.8, 4) is 0 Å². The number of unbranched alkanes of at least 4 members (excludes halogenated alkanes) is 1. The summed E-state index contributed by atoms with van der Waals surface area (Å²) in [7, 11) is -3.16. The molecule has 0 aliphatic rings. The van der Waals surface area contributed by atoms with E-state index in [2.05, 4.69) is 12.2 Å². The molecule has 0 unspecified atom stereocenters. The van der Waals surface area contributed by atoms with Crippen molar-refractivity contribution < 1.29 is 13.2 Å². The van der Waals surface area contributed by atoms with Crippen LogP contribution in [-0.2, 0) is 22.0 Å². The first-order valence-corrected chi connectivity index (χ1v) is 11.1. The van der Waals surface area contributed by atoms with Crippen LogP contribution in [0.2, 0.25) is 0 Å². The molecule has 1 aromatic heterocycles. The molecular weight excluding hydrogens is 354 g/mol. The molecule has 0 atom stereocenters. The van der Waals surface area contributed by atoms with Crippen LogP contribution in [0, 0.1) is 0 Å². The zero-order valence-electron chi connectivity index (χ0n) is 14.9. The second kappa shape index (κ2) is 8.63. The topological polar surface area (TPSA) is 63.2 Å². The molecule has 0 radical (unpaired) electrons. The van der Waals surface area contributed by atoms with Crippen LogP contribution >= 0.6 is 11.3 Å². The van der Waals surface area contributed by atoms with Crippen molar-refractivity contribution in [3.05, 3.63) is 51.7 Å². The fraction of sp³-hybridized carbons (Fsp3) is 0.421. The molecule has 0 saturated heterocycles. The van der Waals surface area contributed by atoms with Gasteiger partial charge in [0, 0.05) is 10.6 Å². The van der Waals surface area contributed by atoms with Crippen LogP contribution in [0.1, 0.15) is 53.7 Å². The molecule has 0 fully saturated rings. The Hall–Kier alpha value is -1.66. The maximum Gasteiger partial charge on any atom is 0.265 e. The van der Waals surface area contributed by atoms with Gasteiger partial charge in [-0.3, -0.25) is 4.79 Å². The summed E-state index contributed by atoms with van der Waals surface area (Å²) in [6.07, 6.45) is 3.36. The van der Waals surface area contributed by atoms with Crippen molar-refractivity contribution >= 4 is 32.8 Å². The van der Waals surface area contributed by atoms with Crippen LogP contribution in [0.5, 0.6) is 0 Å². The fourth-order valence-electron chi connectivity index (χ4n) is 2.27. The van der Waals surface area contributed by atoms with Gasteiger partial charge in [-0.15, -0.1) is 11.3 Å². The lowest BCUT2D eigenvalue weighted by Gasteiger charge is -2.06. The van der Waals surface area contributed by atoms with Gasteiger partial charge in [0.15, 0.2) is 9.84 Å². The van der Waals surface area contributed by atoms with Gasteiger partial charge >= 0.3 is 0 Å². The van der Waals surface area contributed by atoms with Crippen molar-refractivity contribution in [3.63, 3.8) is 0 Å². The molecule has 136 valence electrons. The first-order chi connectivity index (χ1) is 11.8. The first kappa shape index (κ1) is 19.7. The van der Waals surface area contributed by atoms with E-state index in [1.165, 1.54) is 16.9 Å². The number of carbonyl (C=O) groups is 1. The standard InChI is InChI=1S/C19H25NO3S2/c1-4-5-6-15-7-9-16(10-8-15)20-19(21)18-12-11-17(24-18)13-25(22,23)14(2)3/h7-12,14H,4-6,13H2,1-3H3,(H,20,21). The highest BCUT2D eigenvalue weighted by Crippen LogP contribution is 2.22. The number of benzene rings is 1. The predicted octanol–water partition coefficient (Wildman–Crippen LogP) is 4.67. The van der Waals surface area contributed by atoms with Crippen molar-refractivity contribution in [2.45, 2.75) is 51.0 Å². The molecule has 0 spiro atoms. The van der Waals surface area contributed by atoms with Gasteiger partial charge in [-0.25, -0.2) is 8.42 Å². The summed E-state index contributed by atoms with van der Waals surface area (Å²) < 4.78 is 24.0. The highest BCUT2D eigenvalue weighted by atomic mass is 32.2. The molecule has 0 bridgehead atoms. The Kier molecular flexibility index (Phi) is 6.79. The van der Waals surface area contributed by atoms with E-state index in [-0.39, 0.29) is 11.7 Å². The third kappa shape index (κ3) is 5.68. The van der Waals surface area contributed by atoms with Crippen molar-refractivity contribution in [1.82, 2.24) is 0 Å². The van der Waals surface area contributed by atoms with Crippen molar-refractivity contribution in [2.24, 2.45) is 0 Å². The number of nitrogens with one attached hydrogen (secondary N) is 1. The highest BCUT2D eigenvalue weighted by Gasteiger charge is 2.19. The number of amides is 1. The number of hydrogen-bond acceptors (Lipinski definition) is 4. The monoisotopic (exact) mass is 379 g/mol. The second-order valence-corrected chi connectivity index (χ2v) is 10.1. The smallest absolute Gasteiger partial charge is 0.265 e. The summed E-state index contributed by atoms with van der Waals surface area (Å²) >= 11 is 1.23. The van der Waals surface area contributed by atoms with Crippen LogP contribution in [-0.4, -0.2) is 19.6 Å². The number of sulfone groups is 1. The van der Waals surface area contributed by atoms with Crippen molar-refractivity contribution in [1.29, 1.82) is 0 Å². The minimum atomic E-state index is -3.16. The van der Waals surface area contributed by atoms with Gasteiger partial charge < -0.3 is 5.32 Å². The molecule has 0 aliphatic carbocycles. The van der Waals surface area contributed by atoms with E-state index in [9.17, 15) is 13.2 Å². The highest BCUT2D eigenvalue weighted by molar-refractivity contribution is 7.91. The fourth-order valence-corrected chi connectivity index (χ4v) is 4.52. The Labute approximate surface area is 154 Å². The first-order valence-electron chi connectivity index (χ1n) is 8.52. The number of anilines is 1. The number of thiophene rings is 1.